The van der Waals surface area contributed by atoms with Crippen LogP contribution in [0.4, 0.5) is 5.69 Å². The highest BCUT2D eigenvalue weighted by Gasteiger charge is 2.12. The number of nitrogens with one attached hydrogen (secondary N) is 1. The number of ether oxygens (including phenoxy) is 1. The molecule has 0 bridgehead atoms. The fourth-order valence-corrected chi connectivity index (χ4v) is 4.41. The molecule has 4 aromatic rings. The van der Waals surface area contributed by atoms with Crippen molar-refractivity contribution in [3.05, 3.63) is 90.3 Å². The number of benzene rings is 3. The van der Waals surface area contributed by atoms with E-state index >= 15 is 0 Å². The molecule has 0 radical (unpaired) electrons. The van der Waals surface area contributed by atoms with Gasteiger partial charge in [-0.15, -0.1) is 0 Å². The Morgan fingerprint density at radius 3 is 2.50 bits per heavy atom. The van der Waals surface area contributed by atoms with Crippen LogP contribution in [-0.2, 0) is 24.4 Å². The van der Waals surface area contributed by atoms with Crippen molar-refractivity contribution in [2.45, 2.75) is 32.4 Å². The van der Waals surface area contributed by atoms with Crippen molar-refractivity contribution in [2.24, 2.45) is 0 Å². The summed E-state index contributed by atoms with van der Waals surface area (Å²) in [6, 6.07) is 23.7. The zero-order valence-corrected chi connectivity index (χ0v) is 19.3. The number of imidazole rings is 1. The van der Waals surface area contributed by atoms with Gasteiger partial charge in [-0.05, 0) is 67.4 Å². The normalized spacial score (nSPS) is 13.9. The first kappa shape index (κ1) is 22.2. The molecule has 0 unspecified atom stereocenters. The first-order valence-electron chi connectivity index (χ1n) is 12.0. The van der Waals surface area contributed by atoms with Crippen LogP contribution in [0.3, 0.4) is 0 Å². The van der Waals surface area contributed by atoms with Gasteiger partial charge in [0, 0.05) is 18.8 Å². The van der Waals surface area contributed by atoms with Crippen LogP contribution >= 0.6 is 0 Å². The van der Waals surface area contributed by atoms with Crippen LogP contribution in [0.2, 0.25) is 0 Å². The lowest BCUT2D eigenvalue weighted by Gasteiger charge is -2.15. The molecule has 3 aromatic carbocycles. The van der Waals surface area contributed by atoms with E-state index in [0.29, 0.717) is 13.0 Å². The first-order chi connectivity index (χ1) is 16.7. The second kappa shape index (κ2) is 10.5. The van der Waals surface area contributed by atoms with Gasteiger partial charge in [0.15, 0.2) is 0 Å². The molecule has 34 heavy (non-hydrogen) atoms. The highest BCUT2D eigenvalue weighted by molar-refractivity contribution is 5.94. The van der Waals surface area contributed by atoms with E-state index in [9.17, 15) is 4.79 Å². The van der Waals surface area contributed by atoms with Crippen LogP contribution in [0, 0.1) is 0 Å². The molecule has 1 aromatic heterocycles. The Morgan fingerprint density at radius 1 is 0.912 bits per heavy atom. The minimum Gasteiger partial charge on any atom is -0.489 e. The van der Waals surface area contributed by atoms with Crippen LogP contribution in [0.1, 0.15) is 24.0 Å². The average Bonchev–Trinajstić information content (AvgIpc) is 3.52. The van der Waals surface area contributed by atoms with Gasteiger partial charge in [0.2, 0.25) is 5.91 Å². The fourth-order valence-electron chi connectivity index (χ4n) is 4.41. The number of anilines is 1. The Hall–Kier alpha value is -3.64. The summed E-state index contributed by atoms with van der Waals surface area (Å²) in [5, 5.41) is 3.00. The Kier molecular flexibility index (Phi) is 6.86. The molecule has 6 nitrogen and oxygen atoms in total. The Balaban J connectivity index is 1.13. The van der Waals surface area contributed by atoms with Crippen molar-refractivity contribution >= 4 is 22.6 Å². The largest absolute Gasteiger partial charge is 0.489 e. The quantitative estimate of drug-likeness (QED) is 0.391. The van der Waals surface area contributed by atoms with Gasteiger partial charge in [0.05, 0.1) is 23.8 Å². The summed E-state index contributed by atoms with van der Waals surface area (Å²) in [6.45, 7) is 4.92. The molecule has 0 atom stereocenters. The lowest BCUT2D eigenvalue weighted by Crippen LogP contribution is -2.23. The van der Waals surface area contributed by atoms with Crippen LogP contribution in [0.25, 0.3) is 11.0 Å². The Bertz CT molecular complexity index is 1230. The van der Waals surface area contributed by atoms with Gasteiger partial charge >= 0.3 is 0 Å². The Morgan fingerprint density at radius 2 is 1.71 bits per heavy atom. The molecule has 0 saturated carbocycles. The summed E-state index contributed by atoms with van der Waals surface area (Å²) in [7, 11) is 0. The molecule has 1 aliphatic heterocycles. The predicted octanol–water partition coefficient (Wildman–Crippen LogP) is 4.89. The number of hydrogen-bond acceptors (Lipinski definition) is 4. The maximum atomic E-state index is 12.6. The number of rotatable bonds is 9. The van der Waals surface area contributed by atoms with Gasteiger partial charge in [-0.1, -0.05) is 42.5 Å². The van der Waals surface area contributed by atoms with Crippen molar-refractivity contribution < 1.29 is 9.53 Å². The van der Waals surface area contributed by atoms with E-state index in [1.807, 2.05) is 79.1 Å². The van der Waals surface area contributed by atoms with Crippen LogP contribution in [0.5, 0.6) is 5.75 Å². The van der Waals surface area contributed by atoms with E-state index in [1.165, 1.54) is 25.9 Å². The molecular formula is C28H30N4O2. The Labute approximate surface area is 200 Å². The molecule has 2 heterocycles. The molecule has 1 N–H and O–H groups in total. The molecule has 1 saturated heterocycles. The second-order valence-electron chi connectivity index (χ2n) is 8.83. The number of hydrogen-bond donors (Lipinski definition) is 1. The molecule has 1 aliphatic rings. The SMILES string of the molecule is O=C(Cc1ccc(OCc2ccccc2)cc1)Nc1ccc2c(c1)ncn2CCN1CCCC1. The van der Waals surface area contributed by atoms with E-state index in [2.05, 4.69) is 19.8 Å². The van der Waals surface area contributed by atoms with E-state index in [1.54, 1.807) is 0 Å². The molecule has 0 aliphatic carbocycles. The van der Waals surface area contributed by atoms with E-state index in [4.69, 9.17) is 4.74 Å². The average molecular weight is 455 g/mol. The topological polar surface area (TPSA) is 59.4 Å². The van der Waals surface area contributed by atoms with E-state index < -0.39 is 0 Å². The van der Waals surface area contributed by atoms with Gasteiger partial charge in [-0.3, -0.25) is 4.79 Å². The number of amides is 1. The standard InChI is InChI=1S/C28H30N4O2/c33-28(18-22-8-11-25(12-9-22)34-20-23-6-2-1-3-7-23)30-24-10-13-27-26(19-24)29-21-32(27)17-16-31-14-4-5-15-31/h1-3,6-13,19,21H,4-5,14-18,20H2,(H,30,33). The molecule has 6 heteroatoms. The smallest absolute Gasteiger partial charge is 0.228 e. The summed E-state index contributed by atoms with van der Waals surface area (Å²) < 4.78 is 8.02. The van der Waals surface area contributed by atoms with Gasteiger partial charge < -0.3 is 19.5 Å². The zero-order chi connectivity index (χ0) is 23.2. The second-order valence-corrected chi connectivity index (χ2v) is 8.83. The van der Waals surface area contributed by atoms with Gasteiger partial charge in [-0.25, -0.2) is 4.98 Å². The number of likely N-dealkylation sites (tertiary alicyclic amines) is 1. The van der Waals surface area contributed by atoms with Crippen molar-refractivity contribution in [3.8, 4) is 5.75 Å². The molecule has 0 spiro atoms. The molecular weight excluding hydrogens is 424 g/mol. The van der Waals surface area contributed by atoms with Gasteiger partial charge in [0.1, 0.15) is 12.4 Å². The monoisotopic (exact) mass is 454 g/mol. The van der Waals surface area contributed by atoms with Crippen LogP contribution < -0.4 is 10.1 Å². The lowest BCUT2D eigenvalue weighted by atomic mass is 10.1. The van der Waals surface area contributed by atoms with Gasteiger partial charge in [0.25, 0.3) is 0 Å². The van der Waals surface area contributed by atoms with Crippen molar-refractivity contribution in [3.63, 3.8) is 0 Å². The third-order valence-electron chi connectivity index (χ3n) is 6.30. The maximum absolute atomic E-state index is 12.6. The molecule has 1 amide bonds. The number of carbonyl (C=O) groups is 1. The number of carbonyl (C=O) groups excluding carboxylic acids is 1. The van der Waals surface area contributed by atoms with Crippen molar-refractivity contribution in [1.29, 1.82) is 0 Å². The van der Waals surface area contributed by atoms with Crippen molar-refractivity contribution in [2.75, 3.05) is 25.0 Å². The van der Waals surface area contributed by atoms with Crippen LogP contribution in [-0.4, -0.2) is 40.0 Å². The third-order valence-corrected chi connectivity index (χ3v) is 6.30. The summed E-state index contributed by atoms with van der Waals surface area (Å²) >= 11 is 0. The zero-order valence-electron chi connectivity index (χ0n) is 19.3. The van der Waals surface area contributed by atoms with Crippen molar-refractivity contribution in [1.82, 2.24) is 14.5 Å². The minimum atomic E-state index is -0.0502. The minimum absolute atomic E-state index is 0.0502. The fraction of sp³-hybridized carbons (Fsp3) is 0.286. The summed E-state index contributed by atoms with van der Waals surface area (Å²) in [5.41, 5.74) is 4.84. The highest BCUT2D eigenvalue weighted by atomic mass is 16.5. The third kappa shape index (κ3) is 5.64. The number of aromatic nitrogens is 2. The molecule has 5 rings (SSSR count). The predicted molar refractivity (Wildman–Crippen MR) is 135 cm³/mol. The summed E-state index contributed by atoms with van der Waals surface area (Å²) in [5.74, 6) is 0.740. The molecule has 174 valence electrons. The summed E-state index contributed by atoms with van der Waals surface area (Å²) in [4.78, 5) is 19.6. The number of nitrogens with zero attached hydrogens (tertiary/aromatic N) is 3. The summed E-state index contributed by atoms with van der Waals surface area (Å²) in [6.07, 6.45) is 4.81. The molecule has 1 fully saturated rings. The van der Waals surface area contributed by atoms with Crippen LogP contribution in [0.15, 0.2) is 79.1 Å². The van der Waals surface area contributed by atoms with E-state index in [0.717, 1.165) is 46.7 Å². The van der Waals surface area contributed by atoms with E-state index in [-0.39, 0.29) is 5.91 Å². The maximum Gasteiger partial charge on any atom is 0.228 e. The number of fused-ring (bicyclic) bond motifs is 1. The highest BCUT2D eigenvalue weighted by Crippen LogP contribution is 2.20. The first-order valence-corrected chi connectivity index (χ1v) is 12.0. The van der Waals surface area contributed by atoms with Gasteiger partial charge in [-0.2, -0.15) is 0 Å². The lowest BCUT2D eigenvalue weighted by molar-refractivity contribution is -0.115.